The molecule has 0 aromatic heterocycles. The zero-order valence-electron chi connectivity index (χ0n) is 18.0. The van der Waals surface area contributed by atoms with Crippen molar-refractivity contribution in [2.24, 2.45) is 5.92 Å². The highest BCUT2D eigenvalue weighted by Crippen LogP contribution is 2.22. The monoisotopic (exact) mass is 408 g/mol. The van der Waals surface area contributed by atoms with E-state index in [-0.39, 0.29) is 11.8 Å². The Labute approximate surface area is 179 Å². The minimum Gasteiger partial charge on any atom is -0.494 e. The summed E-state index contributed by atoms with van der Waals surface area (Å²) >= 11 is 0. The number of ether oxygens (including phenoxy) is 1. The molecule has 1 N–H and O–H groups in total. The summed E-state index contributed by atoms with van der Waals surface area (Å²) in [6.45, 7) is 6.47. The number of carbonyl (C=O) groups excluding carboxylic acids is 2. The first-order chi connectivity index (χ1) is 14.5. The largest absolute Gasteiger partial charge is 0.494 e. The summed E-state index contributed by atoms with van der Waals surface area (Å²) in [5.41, 5.74) is 1.59. The first-order valence-corrected chi connectivity index (χ1v) is 11.0. The van der Waals surface area contributed by atoms with Crippen LogP contribution in [-0.2, 0) is 0 Å². The van der Waals surface area contributed by atoms with Gasteiger partial charge in [0.15, 0.2) is 0 Å². The molecule has 2 aromatic carbocycles. The summed E-state index contributed by atoms with van der Waals surface area (Å²) in [5, 5.41) is 2.92. The van der Waals surface area contributed by atoms with E-state index in [1.807, 2.05) is 29.2 Å². The molecule has 2 amide bonds. The highest BCUT2D eigenvalue weighted by Gasteiger charge is 2.21. The van der Waals surface area contributed by atoms with E-state index in [4.69, 9.17) is 4.74 Å². The number of carbonyl (C=O) groups is 2. The third-order valence-corrected chi connectivity index (χ3v) is 5.36. The van der Waals surface area contributed by atoms with Crippen molar-refractivity contribution in [2.45, 2.75) is 46.0 Å². The second-order valence-corrected chi connectivity index (χ2v) is 8.26. The number of nitrogens with one attached hydrogen (secondary N) is 1. The van der Waals surface area contributed by atoms with Crippen LogP contribution in [0.5, 0.6) is 5.75 Å². The number of amides is 2. The fraction of sp³-hybridized carbons (Fsp3) is 0.440. The van der Waals surface area contributed by atoms with E-state index in [1.165, 1.54) is 0 Å². The van der Waals surface area contributed by atoms with E-state index in [2.05, 4.69) is 19.2 Å². The number of para-hydroxylation sites is 1. The summed E-state index contributed by atoms with van der Waals surface area (Å²) < 4.78 is 5.77. The van der Waals surface area contributed by atoms with E-state index in [0.717, 1.165) is 45.2 Å². The Balaban J connectivity index is 1.70. The SMILES string of the molecule is CC(C)CCOc1cccc(C(=O)Nc2ccccc2C(=O)N2CCCCCC2)c1. The molecule has 5 heteroatoms. The molecule has 1 fully saturated rings. The van der Waals surface area contributed by atoms with Gasteiger partial charge in [0.25, 0.3) is 11.8 Å². The molecule has 1 aliphatic heterocycles. The van der Waals surface area contributed by atoms with Crippen molar-refractivity contribution in [3.63, 3.8) is 0 Å². The lowest BCUT2D eigenvalue weighted by Gasteiger charge is -2.22. The molecule has 30 heavy (non-hydrogen) atoms. The zero-order valence-corrected chi connectivity index (χ0v) is 18.0. The third-order valence-electron chi connectivity index (χ3n) is 5.36. The molecular formula is C25H32N2O3. The maximum Gasteiger partial charge on any atom is 0.255 e. The molecule has 1 aliphatic rings. The number of benzene rings is 2. The molecular weight excluding hydrogens is 376 g/mol. The van der Waals surface area contributed by atoms with Gasteiger partial charge < -0.3 is 15.0 Å². The topological polar surface area (TPSA) is 58.6 Å². The van der Waals surface area contributed by atoms with Gasteiger partial charge in [0.05, 0.1) is 17.9 Å². The maximum atomic E-state index is 13.1. The molecule has 1 heterocycles. The predicted molar refractivity (Wildman–Crippen MR) is 120 cm³/mol. The quantitative estimate of drug-likeness (QED) is 0.669. The van der Waals surface area contributed by atoms with Gasteiger partial charge in [-0.25, -0.2) is 0 Å². The smallest absolute Gasteiger partial charge is 0.255 e. The molecule has 0 saturated carbocycles. The van der Waals surface area contributed by atoms with Gasteiger partial charge >= 0.3 is 0 Å². The average molecular weight is 409 g/mol. The second kappa shape index (κ2) is 10.8. The lowest BCUT2D eigenvalue weighted by Crippen LogP contribution is -2.32. The van der Waals surface area contributed by atoms with Crippen molar-refractivity contribution < 1.29 is 14.3 Å². The fourth-order valence-electron chi connectivity index (χ4n) is 3.56. The minimum atomic E-state index is -0.250. The first kappa shape index (κ1) is 21.9. The van der Waals surface area contributed by atoms with Gasteiger partial charge in [0.2, 0.25) is 0 Å². The number of rotatable bonds is 7. The van der Waals surface area contributed by atoms with Crippen molar-refractivity contribution in [1.82, 2.24) is 4.90 Å². The van der Waals surface area contributed by atoms with Crippen LogP contribution in [0.25, 0.3) is 0 Å². The summed E-state index contributed by atoms with van der Waals surface area (Å²) in [5.74, 6) is 0.978. The van der Waals surface area contributed by atoms with Crippen LogP contribution < -0.4 is 10.1 Å². The molecule has 1 saturated heterocycles. The highest BCUT2D eigenvalue weighted by molar-refractivity contribution is 6.09. The molecule has 5 nitrogen and oxygen atoms in total. The average Bonchev–Trinajstić information content (AvgIpc) is 3.03. The molecule has 0 aliphatic carbocycles. The van der Waals surface area contributed by atoms with Crippen LogP contribution in [0.3, 0.4) is 0 Å². The number of hydrogen-bond acceptors (Lipinski definition) is 3. The van der Waals surface area contributed by atoms with Crippen molar-refractivity contribution in [3.8, 4) is 5.75 Å². The third kappa shape index (κ3) is 6.09. The highest BCUT2D eigenvalue weighted by atomic mass is 16.5. The molecule has 0 unspecified atom stereocenters. The van der Waals surface area contributed by atoms with Gasteiger partial charge in [0, 0.05) is 18.7 Å². The summed E-state index contributed by atoms with van der Waals surface area (Å²) in [6.07, 6.45) is 5.35. The molecule has 3 rings (SSSR count). The van der Waals surface area contributed by atoms with Gasteiger partial charge in [-0.1, -0.05) is 44.9 Å². The van der Waals surface area contributed by atoms with Crippen molar-refractivity contribution in [3.05, 3.63) is 59.7 Å². The van der Waals surface area contributed by atoms with Crippen LogP contribution in [0.4, 0.5) is 5.69 Å². The van der Waals surface area contributed by atoms with Crippen molar-refractivity contribution >= 4 is 17.5 Å². The maximum absolute atomic E-state index is 13.1. The standard InChI is InChI=1S/C25H32N2O3/c1-19(2)14-17-30-21-11-9-10-20(18-21)24(28)26-23-13-6-5-12-22(23)25(29)27-15-7-3-4-8-16-27/h5-6,9-13,18-19H,3-4,7-8,14-17H2,1-2H3,(H,26,28). The van der Waals surface area contributed by atoms with Gasteiger partial charge in [-0.15, -0.1) is 0 Å². The van der Waals surface area contributed by atoms with Gasteiger partial charge in [-0.05, 0) is 55.5 Å². The van der Waals surface area contributed by atoms with E-state index in [9.17, 15) is 9.59 Å². The predicted octanol–water partition coefficient (Wildman–Crippen LogP) is 5.38. The van der Waals surface area contributed by atoms with Gasteiger partial charge in [-0.3, -0.25) is 9.59 Å². The van der Waals surface area contributed by atoms with Crippen LogP contribution in [0.1, 0.15) is 66.7 Å². The molecule has 2 aromatic rings. The van der Waals surface area contributed by atoms with Crippen LogP contribution in [0.2, 0.25) is 0 Å². The van der Waals surface area contributed by atoms with Crippen LogP contribution in [0, 0.1) is 5.92 Å². The fourth-order valence-corrected chi connectivity index (χ4v) is 3.56. The van der Waals surface area contributed by atoms with Crippen LogP contribution >= 0.6 is 0 Å². The Bertz CT molecular complexity index is 855. The van der Waals surface area contributed by atoms with Crippen LogP contribution in [0.15, 0.2) is 48.5 Å². The molecule has 0 atom stereocenters. The number of likely N-dealkylation sites (tertiary alicyclic amines) is 1. The number of nitrogens with zero attached hydrogens (tertiary/aromatic N) is 1. The zero-order chi connectivity index (χ0) is 21.3. The molecule has 0 spiro atoms. The van der Waals surface area contributed by atoms with E-state index >= 15 is 0 Å². The Morgan fingerprint density at radius 3 is 2.47 bits per heavy atom. The summed E-state index contributed by atoms with van der Waals surface area (Å²) in [6, 6.07) is 14.4. The second-order valence-electron chi connectivity index (χ2n) is 8.26. The normalized spacial score (nSPS) is 14.3. The first-order valence-electron chi connectivity index (χ1n) is 11.0. The molecule has 0 radical (unpaired) electrons. The van der Waals surface area contributed by atoms with Crippen molar-refractivity contribution in [2.75, 3.05) is 25.0 Å². The molecule has 0 bridgehead atoms. The van der Waals surface area contributed by atoms with Gasteiger partial charge in [0.1, 0.15) is 5.75 Å². The summed E-state index contributed by atoms with van der Waals surface area (Å²) in [7, 11) is 0. The molecule has 160 valence electrons. The van der Waals surface area contributed by atoms with Gasteiger partial charge in [-0.2, -0.15) is 0 Å². The lowest BCUT2D eigenvalue weighted by atomic mass is 10.1. The minimum absolute atomic E-state index is 0.0152. The Morgan fingerprint density at radius 1 is 1.00 bits per heavy atom. The van der Waals surface area contributed by atoms with Crippen LogP contribution in [-0.4, -0.2) is 36.4 Å². The number of anilines is 1. The van der Waals surface area contributed by atoms with Crippen molar-refractivity contribution in [1.29, 1.82) is 0 Å². The lowest BCUT2D eigenvalue weighted by molar-refractivity contribution is 0.0762. The van der Waals surface area contributed by atoms with E-state index in [1.54, 1.807) is 24.3 Å². The Morgan fingerprint density at radius 2 is 1.73 bits per heavy atom. The van der Waals surface area contributed by atoms with E-state index < -0.39 is 0 Å². The Kier molecular flexibility index (Phi) is 7.89. The number of hydrogen-bond donors (Lipinski definition) is 1. The van der Waals surface area contributed by atoms with E-state index in [0.29, 0.717) is 35.1 Å². The Hall–Kier alpha value is -2.82. The summed E-state index contributed by atoms with van der Waals surface area (Å²) in [4.78, 5) is 27.8.